The highest BCUT2D eigenvalue weighted by molar-refractivity contribution is 7.13. The number of nitrogens with zero attached hydrogens (tertiary/aromatic N) is 3. The van der Waals surface area contributed by atoms with Crippen molar-refractivity contribution in [2.24, 2.45) is 0 Å². The normalized spacial score (nSPS) is 10.6. The van der Waals surface area contributed by atoms with Crippen molar-refractivity contribution in [2.45, 2.75) is 33.6 Å². The highest BCUT2D eigenvalue weighted by Gasteiger charge is 2.11. The van der Waals surface area contributed by atoms with Crippen LogP contribution in [0.5, 0.6) is 0 Å². The molecule has 0 aromatic carbocycles. The minimum atomic E-state index is 0.769. The van der Waals surface area contributed by atoms with Crippen LogP contribution in [0.4, 0.5) is 5.82 Å². The van der Waals surface area contributed by atoms with Gasteiger partial charge in [0.15, 0.2) is 5.82 Å². The average molecular weight is 262 g/mol. The van der Waals surface area contributed by atoms with Gasteiger partial charge in [0.1, 0.15) is 5.82 Å². The number of nitrogens with one attached hydrogen (secondary N) is 1. The fourth-order valence-electron chi connectivity index (χ4n) is 1.85. The molecule has 0 fully saturated rings. The molecule has 2 rings (SSSR count). The van der Waals surface area contributed by atoms with Gasteiger partial charge >= 0.3 is 0 Å². The van der Waals surface area contributed by atoms with E-state index in [4.69, 9.17) is 0 Å². The first kappa shape index (κ1) is 13.0. The molecule has 0 spiro atoms. The van der Waals surface area contributed by atoms with E-state index < -0.39 is 0 Å². The molecule has 5 heteroatoms. The molecular formula is C13H18N4S. The molecule has 0 saturated heterocycles. The minimum Gasteiger partial charge on any atom is -0.370 e. The first-order valence-electron chi connectivity index (χ1n) is 6.26. The molecular weight excluding hydrogens is 244 g/mol. The van der Waals surface area contributed by atoms with Gasteiger partial charge < -0.3 is 5.32 Å². The molecule has 2 aromatic rings. The predicted octanol–water partition coefficient (Wildman–Crippen LogP) is 3.29. The van der Waals surface area contributed by atoms with Crippen molar-refractivity contribution in [3.8, 4) is 10.7 Å². The summed E-state index contributed by atoms with van der Waals surface area (Å²) in [7, 11) is 0. The standard InChI is InChI=1S/C13H18N4S/c1-4-6-15-12-10(5-2)9(3)16-13(17-12)11-7-14-8-18-11/h7-8H,4-6H2,1-3H3,(H,15,16,17). The second-order valence-corrected chi connectivity index (χ2v) is 4.99. The first-order valence-corrected chi connectivity index (χ1v) is 7.14. The van der Waals surface area contributed by atoms with Crippen molar-refractivity contribution >= 4 is 17.2 Å². The Morgan fingerprint density at radius 3 is 2.72 bits per heavy atom. The molecule has 0 unspecified atom stereocenters. The van der Waals surface area contributed by atoms with Crippen molar-refractivity contribution < 1.29 is 0 Å². The van der Waals surface area contributed by atoms with Crippen LogP contribution in [-0.4, -0.2) is 21.5 Å². The van der Waals surface area contributed by atoms with Crippen molar-refractivity contribution in [1.29, 1.82) is 0 Å². The van der Waals surface area contributed by atoms with Crippen LogP contribution < -0.4 is 5.32 Å². The van der Waals surface area contributed by atoms with E-state index in [1.165, 1.54) is 5.56 Å². The molecule has 18 heavy (non-hydrogen) atoms. The maximum Gasteiger partial charge on any atom is 0.173 e. The van der Waals surface area contributed by atoms with Gasteiger partial charge in [-0.05, 0) is 19.8 Å². The van der Waals surface area contributed by atoms with E-state index in [1.54, 1.807) is 16.8 Å². The Morgan fingerprint density at radius 1 is 1.28 bits per heavy atom. The third kappa shape index (κ3) is 2.67. The Hall–Kier alpha value is -1.49. The zero-order chi connectivity index (χ0) is 13.0. The summed E-state index contributed by atoms with van der Waals surface area (Å²) in [6.07, 6.45) is 3.84. The molecule has 0 saturated carbocycles. The zero-order valence-electron chi connectivity index (χ0n) is 11.0. The highest BCUT2D eigenvalue weighted by Crippen LogP contribution is 2.24. The number of anilines is 1. The number of hydrogen-bond donors (Lipinski definition) is 1. The van der Waals surface area contributed by atoms with E-state index in [0.717, 1.165) is 41.6 Å². The molecule has 0 radical (unpaired) electrons. The van der Waals surface area contributed by atoms with Gasteiger partial charge in [-0.1, -0.05) is 13.8 Å². The summed E-state index contributed by atoms with van der Waals surface area (Å²) in [5, 5.41) is 3.39. The number of aryl methyl sites for hydroxylation is 1. The Kier molecular flexibility index (Phi) is 4.25. The minimum absolute atomic E-state index is 0.769. The monoisotopic (exact) mass is 262 g/mol. The van der Waals surface area contributed by atoms with Crippen molar-refractivity contribution in [3.63, 3.8) is 0 Å². The molecule has 2 heterocycles. The first-order chi connectivity index (χ1) is 8.76. The second kappa shape index (κ2) is 5.91. The van der Waals surface area contributed by atoms with Gasteiger partial charge in [-0.3, -0.25) is 4.98 Å². The molecule has 4 nitrogen and oxygen atoms in total. The molecule has 0 atom stereocenters. The van der Waals surface area contributed by atoms with Gasteiger partial charge in [-0.2, -0.15) is 0 Å². The van der Waals surface area contributed by atoms with E-state index >= 15 is 0 Å². The third-order valence-corrected chi connectivity index (χ3v) is 3.53. The van der Waals surface area contributed by atoms with Gasteiger partial charge in [0, 0.05) is 24.0 Å². The predicted molar refractivity (Wildman–Crippen MR) is 76.0 cm³/mol. The summed E-state index contributed by atoms with van der Waals surface area (Å²) < 4.78 is 0. The smallest absolute Gasteiger partial charge is 0.173 e. The van der Waals surface area contributed by atoms with Crippen LogP contribution in [-0.2, 0) is 6.42 Å². The van der Waals surface area contributed by atoms with Gasteiger partial charge in [0.25, 0.3) is 0 Å². The van der Waals surface area contributed by atoms with Crippen LogP contribution in [0.3, 0.4) is 0 Å². The van der Waals surface area contributed by atoms with Crippen molar-refractivity contribution in [3.05, 3.63) is 23.0 Å². The third-order valence-electron chi connectivity index (χ3n) is 2.76. The number of thiazole rings is 1. The van der Waals surface area contributed by atoms with Crippen LogP contribution in [0.2, 0.25) is 0 Å². The van der Waals surface area contributed by atoms with E-state index in [9.17, 15) is 0 Å². The lowest BCUT2D eigenvalue weighted by atomic mass is 10.1. The SMILES string of the molecule is CCCNc1nc(-c2cncs2)nc(C)c1CC. The van der Waals surface area contributed by atoms with E-state index in [1.807, 2.05) is 13.1 Å². The quantitative estimate of drug-likeness (QED) is 0.898. The molecule has 0 aliphatic heterocycles. The maximum atomic E-state index is 4.63. The summed E-state index contributed by atoms with van der Waals surface area (Å²) in [6.45, 7) is 7.26. The zero-order valence-corrected chi connectivity index (χ0v) is 11.8. The van der Waals surface area contributed by atoms with Crippen LogP contribution in [0.15, 0.2) is 11.7 Å². The van der Waals surface area contributed by atoms with Crippen molar-refractivity contribution in [2.75, 3.05) is 11.9 Å². The number of hydrogen-bond acceptors (Lipinski definition) is 5. The Morgan fingerprint density at radius 2 is 2.11 bits per heavy atom. The Labute approximate surface area is 112 Å². The van der Waals surface area contributed by atoms with Crippen LogP contribution >= 0.6 is 11.3 Å². The van der Waals surface area contributed by atoms with E-state index in [0.29, 0.717) is 0 Å². The summed E-state index contributed by atoms with van der Waals surface area (Å²) in [5.41, 5.74) is 4.06. The molecule has 0 bridgehead atoms. The maximum absolute atomic E-state index is 4.63. The lowest BCUT2D eigenvalue weighted by molar-refractivity contribution is 0.939. The Bertz CT molecular complexity index is 508. The molecule has 1 N–H and O–H groups in total. The summed E-state index contributed by atoms with van der Waals surface area (Å²) in [4.78, 5) is 14.3. The van der Waals surface area contributed by atoms with Gasteiger partial charge in [-0.25, -0.2) is 9.97 Å². The van der Waals surface area contributed by atoms with Crippen LogP contribution in [0, 0.1) is 6.92 Å². The molecule has 0 aliphatic rings. The van der Waals surface area contributed by atoms with Crippen molar-refractivity contribution in [1.82, 2.24) is 15.0 Å². The molecule has 2 aromatic heterocycles. The second-order valence-electron chi connectivity index (χ2n) is 4.11. The van der Waals surface area contributed by atoms with Gasteiger partial charge in [0.2, 0.25) is 0 Å². The van der Waals surface area contributed by atoms with E-state index in [-0.39, 0.29) is 0 Å². The topological polar surface area (TPSA) is 50.7 Å². The largest absolute Gasteiger partial charge is 0.370 e. The van der Waals surface area contributed by atoms with E-state index in [2.05, 4.69) is 34.1 Å². The fourth-order valence-corrected chi connectivity index (χ4v) is 2.40. The lowest BCUT2D eigenvalue weighted by Gasteiger charge is -2.12. The van der Waals surface area contributed by atoms with Gasteiger partial charge in [0.05, 0.1) is 10.4 Å². The summed E-state index contributed by atoms with van der Waals surface area (Å²) in [5.74, 6) is 1.74. The van der Waals surface area contributed by atoms with Crippen LogP contribution in [0.25, 0.3) is 10.7 Å². The fraction of sp³-hybridized carbons (Fsp3) is 0.462. The number of rotatable bonds is 5. The highest BCUT2D eigenvalue weighted by atomic mass is 32.1. The molecule has 0 aliphatic carbocycles. The lowest BCUT2D eigenvalue weighted by Crippen LogP contribution is -2.08. The summed E-state index contributed by atoms with van der Waals surface area (Å²) >= 11 is 1.57. The van der Waals surface area contributed by atoms with Crippen LogP contribution in [0.1, 0.15) is 31.5 Å². The average Bonchev–Trinajstić information content (AvgIpc) is 2.89. The molecule has 96 valence electrons. The Balaban J connectivity index is 2.42. The van der Waals surface area contributed by atoms with Gasteiger partial charge in [-0.15, -0.1) is 11.3 Å². The number of aromatic nitrogens is 3. The molecule has 0 amide bonds. The summed E-state index contributed by atoms with van der Waals surface area (Å²) in [6, 6.07) is 0.